The van der Waals surface area contributed by atoms with Crippen LogP contribution in [0.5, 0.6) is 0 Å². The minimum atomic E-state index is -1.01. The normalized spacial score (nSPS) is 17.2. The molecule has 0 aliphatic heterocycles. The van der Waals surface area contributed by atoms with Crippen LogP contribution in [-0.4, -0.2) is 17.0 Å². The number of aryl methyl sites for hydroxylation is 1. The zero-order chi connectivity index (χ0) is 16.1. The zero-order valence-corrected chi connectivity index (χ0v) is 13.4. The van der Waals surface area contributed by atoms with Crippen LogP contribution in [0.25, 0.3) is 0 Å². The van der Waals surface area contributed by atoms with E-state index in [0.717, 1.165) is 0 Å². The lowest BCUT2D eigenvalue weighted by molar-refractivity contribution is -0.122. The molecule has 0 saturated heterocycles. The average Bonchev–Trinajstić information content (AvgIpc) is 2.87. The second kappa shape index (κ2) is 7.47. The van der Waals surface area contributed by atoms with Crippen LogP contribution in [0.15, 0.2) is 10.5 Å². The van der Waals surface area contributed by atoms with Crippen LogP contribution >= 0.6 is 0 Å². The highest BCUT2D eigenvalue weighted by molar-refractivity contribution is 5.88. The molecule has 0 aromatic carbocycles. The number of carboxylic acid groups (broad SMARTS) is 1. The first-order chi connectivity index (χ1) is 10.5. The minimum Gasteiger partial charge on any atom is -0.478 e. The highest BCUT2D eigenvalue weighted by Gasteiger charge is 2.22. The Morgan fingerprint density at radius 3 is 2.64 bits per heavy atom. The minimum absolute atomic E-state index is 0.00371. The first-order valence-corrected chi connectivity index (χ1v) is 8.06. The molecule has 0 radical (unpaired) electrons. The van der Waals surface area contributed by atoms with Gasteiger partial charge in [0.15, 0.2) is 0 Å². The molecule has 1 saturated carbocycles. The van der Waals surface area contributed by atoms with Crippen LogP contribution in [0.3, 0.4) is 0 Å². The third-order valence-corrected chi connectivity index (χ3v) is 4.62. The molecule has 5 nitrogen and oxygen atoms in total. The molecule has 0 bridgehead atoms. The fraction of sp³-hybridized carbons (Fsp3) is 0.647. The molecule has 1 amide bonds. The van der Waals surface area contributed by atoms with Gasteiger partial charge in [0, 0.05) is 6.42 Å². The molecule has 22 heavy (non-hydrogen) atoms. The van der Waals surface area contributed by atoms with E-state index >= 15 is 0 Å². The Labute approximate surface area is 131 Å². The summed E-state index contributed by atoms with van der Waals surface area (Å²) in [5, 5.41) is 11.8. The smallest absolute Gasteiger partial charge is 0.339 e. The van der Waals surface area contributed by atoms with E-state index in [1.165, 1.54) is 38.2 Å². The van der Waals surface area contributed by atoms with Crippen molar-refractivity contribution in [3.8, 4) is 0 Å². The highest BCUT2D eigenvalue weighted by atomic mass is 16.4. The van der Waals surface area contributed by atoms with Crippen molar-refractivity contribution < 1.29 is 19.1 Å². The molecule has 1 heterocycles. The maximum absolute atomic E-state index is 12.0. The summed E-state index contributed by atoms with van der Waals surface area (Å²) < 4.78 is 5.35. The van der Waals surface area contributed by atoms with Crippen molar-refractivity contribution in [2.45, 2.75) is 58.9 Å². The van der Waals surface area contributed by atoms with E-state index in [1.807, 2.05) is 0 Å². The Bertz CT molecular complexity index is 529. The number of carboxylic acids is 1. The predicted molar refractivity (Wildman–Crippen MR) is 82.6 cm³/mol. The summed E-state index contributed by atoms with van der Waals surface area (Å²) in [6.07, 6.45) is 6.86. The zero-order valence-electron chi connectivity index (χ0n) is 13.4. The fourth-order valence-electron chi connectivity index (χ4n) is 3.26. The molecule has 1 fully saturated rings. The molecule has 1 atom stereocenters. The number of aromatic carboxylic acids is 1. The first kappa shape index (κ1) is 16.6. The number of hydrogen-bond acceptors (Lipinski definition) is 3. The van der Waals surface area contributed by atoms with Gasteiger partial charge in [0.05, 0.1) is 6.54 Å². The summed E-state index contributed by atoms with van der Waals surface area (Å²) >= 11 is 0. The lowest BCUT2D eigenvalue weighted by Crippen LogP contribution is -2.27. The summed E-state index contributed by atoms with van der Waals surface area (Å²) in [5.41, 5.74) is 0.153. The van der Waals surface area contributed by atoms with Gasteiger partial charge in [-0.15, -0.1) is 0 Å². The van der Waals surface area contributed by atoms with Crippen molar-refractivity contribution in [1.29, 1.82) is 0 Å². The molecule has 1 aliphatic carbocycles. The average molecular weight is 307 g/mol. The lowest BCUT2D eigenvalue weighted by Gasteiger charge is -2.27. The Hall–Kier alpha value is -1.78. The molecular formula is C17H25NO4. The van der Waals surface area contributed by atoms with Crippen LogP contribution in [-0.2, 0) is 11.3 Å². The van der Waals surface area contributed by atoms with Gasteiger partial charge in [0.2, 0.25) is 5.91 Å². The highest BCUT2D eigenvalue weighted by Crippen LogP contribution is 2.31. The molecule has 5 heteroatoms. The second-order valence-electron chi connectivity index (χ2n) is 6.34. The van der Waals surface area contributed by atoms with Crippen LogP contribution in [0.1, 0.15) is 67.3 Å². The van der Waals surface area contributed by atoms with E-state index < -0.39 is 5.97 Å². The summed E-state index contributed by atoms with van der Waals surface area (Å²) in [6.45, 7) is 4.00. The lowest BCUT2D eigenvalue weighted by atomic mass is 9.79. The number of rotatable bonds is 6. The van der Waals surface area contributed by atoms with Crippen LogP contribution < -0.4 is 5.32 Å². The van der Waals surface area contributed by atoms with E-state index in [9.17, 15) is 9.59 Å². The van der Waals surface area contributed by atoms with E-state index in [2.05, 4.69) is 12.2 Å². The van der Waals surface area contributed by atoms with Crippen LogP contribution in [0.2, 0.25) is 0 Å². The molecule has 1 aliphatic rings. The molecule has 2 N–H and O–H groups in total. The quantitative estimate of drug-likeness (QED) is 0.843. The van der Waals surface area contributed by atoms with Gasteiger partial charge in [0.1, 0.15) is 17.1 Å². The number of furan rings is 1. The van der Waals surface area contributed by atoms with Crippen molar-refractivity contribution in [1.82, 2.24) is 5.32 Å². The Balaban J connectivity index is 1.79. The fourth-order valence-corrected chi connectivity index (χ4v) is 3.26. The van der Waals surface area contributed by atoms with Gasteiger partial charge in [-0.2, -0.15) is 0 Å². The Morgan fingerprint density at radius 1 is 1.36 bits per heavy atom. The number of nitrogens with one attached hydrogen (secondary N) is 1. The molecule has 122 valence electrons. The van der Waals surface area contributed by atoms with E-state index in [4.69, 9.17) is 9.52 Å². The van der Waals surface area contributed by atoms with E-state index in [-0.39, 0.29) is 18.0 Å². The molecular weight excluding hydrogens is 282 g/mol. The summed E-state index contributed by atoms with van der Waals surface area (Å²) in [4.78, 5) is 23.0. The Kier molecular flexibility index (Phi) is 5.63. The maximum atomic E-state index is 12.0. The molecule has 1 aromatic heterocycles. The SMILES string of the molecule is Cc1oc(CNC(=O)CC(C)C2CCCCC2)cc1C(=O)O. The van der Waals surface area contributed by atoms with Gasteiger partial charge in [-0.05, 0) is 24.8 Å². The van der Waals surface area contributed by atoms with Gasteiger partial charge in [-0.25, -0.2) is 4.79 Å². The van der Waals surface area contributed by atoms with Gasteiger partial charge >= 0.3 is 5.97 Å². The first-order valence-electron chi connectivity index (χ1n) is 8.06. The number of carbonyl (C=O) groups excluding carboxylic acids is 1. The summed E-state index contributed by atoms with van der Waals surface area (Å²) in [7, 11) is 0. The van der Waals surface area contributed by atoms with Crippen molar-refractivity contribution >= 4 is 11.9 Å². The second-order valence-corrected chi connectivity index (χ2v) is 6.34. The van der Waals surface area contributed by atoms with Crippen LogP contribution in [0.4, 0.5) is 0 Å². The van der Waals surface area contributed by atoms with E-state index in [0.29, 0.717) is 29.8 Å². The number of hydrogen-bond donors (Lipinski definition) is 2. The van der Waals surface area contributed by atoms with Crippen molar-refractivity contribution in [2.75, 3.05) is 0 Å². The summed E-state index contributed by atoms with van der Waals surface area (Å²) in [6, 6.07) is 1.47. The third kappa shape index (κ3) is 4.36. The maximum Gasteiger partial charge on any atom is 0.339 e. The summed E-state index contributed by atoms with van der Waals surface area (Å²) in [5.74, 6) is 0.895. The molecule has 1 aromatic rings. The standard InChI is InChI=1S/C17H25NO4/c1-11(13-6-4-3-5-7-13)8-16(19)18-10-14-9-15(17(20)21)12(2)22-14/h9,11,13H,3-8,10H2,1-2H3,(H,18,19)(H,20,21). The van der Waals surface area contributed by atoms with Crippen LogP contribution in [0, 0.1) is 18.8 Å². The Morgan fingerprint density at radius 2 is 2.05 bits per heavy atom. The number of carbonyl (C=O) groups is 2. The number of amides is 1. The monoisotopic (exact) mass is 307 g/mol. The van der Waals surface area contributed by atoms with Crippen molar-refractivity contribution in [2.24, 2.45) is 11.8 Å². The predicted octanol–water partition coefficient (Wildman–Crippen LogP) is 3.51. The van der Waals surface area contributed by atoms with Crippen molar-refractivity contribution in [3.63, 3.8) is 0 Å². The van der Waals surface area contributed by atoms with E-state index in [1.54, 1.807) is 6.92 Å². The molecule has 1 unspecified atom stereocenters. The van der Waals surface area contributed by atoms with Gasteiger partial charge in [-0.1, -0.05) is 39.0 Å². The molecule has 0 spiro atoms. The van der Waals surface area contributed by atoms with Gasteiger partial charge in [0.25, 0.3) is 0 Å². The largest absolute Gasteiger partial charge is 0.478 e. The third-order valence-electron chi connectivity index (χ3n) is 4.62. The molecule has 2 rings (SSSR count). The topological polar surface area (TPSA) is 79.5 Å². The van der Waals surface area contributed by atoms with Crippen molar-refractivity contribution in [3.05, 3.63) is 23.2 Å². The van der Waals surface area contributed by atoms with Gasteiger partial charge < -0.3 is 14.8 Å². The van der Waals surface area contributed by atoms with Gasteiger partial charge in [-0.3, -0.25) is 4.79 Å².